The lowest BCUT2D eigenvalue weighted by molar-refractivity contribution is 0.160. The highest BCUT2D eigenvalue weighted by Gasteiger charge is 2.26. The normalized spacial score (nSPS) is 21.6. The first-order chi connectivity index (χ1) is 9.69. The van der Waals surface area contributed by atoms with Crippen LogP contribution in [0.2, 0.25) is 0 Å². The lowest BCUT2D eigenvalue weighted by atomic mass is 9.81. The van der Waals surface area contributed by atoms with Crippen molar-refractivity contribution in [2.75, 3.05) is 33.4 Å². The molecular weight excluding hydrogens is 252 g/mol. The molecular formula is C16H26N2O2. The fraction of sp³-hybridized carbons (Fsp3) is 0.625. The fourth-order valence-electron chi connectivity index (χ4n) is 2.62. The van der Waals surface area contributed by atoms with E-state index in [1.807, 2.05) is 31.2 Å². The van der Waals surface area contributed by atoms with Gasteiger partial charge in [-0.25, -0.2) is 0 Å². The summed E-state index contributed by atoms with van der Waals surface area (Å²) in [5.74, 6) is 2.42. The Kier molecular flexibility index (Phi) is 5.68. The quantitative estimate of drug-likeness (QED) is 0.791. The Morgan fingerprint density at radius 2 is 1.85 bits per heavy atom. The van der Waals surface area contributed by atoms with Gasteiger partial charge in [0.25, 0.3) is 0 Å². The van der Waals surface area contributed by atoms with E-state index in [1.165, 1.54) is 12.8 Å². The molecule has 0 bridgehead atoms. The highest BCUT2D eigenvalue weighted by Crippen LogP contribution is 2.27. The van der Waals surface area contributed by atoms with Gasteiger partial charge in [0.1, 0.15) is 6.61 Å². The second-order valence-electron chi connectivity index (χ2n) is 5.59. The van der Waals surface area contributed by atoms with Gasteiger partial charge in [-0.3, -0.25) is 0 Å². The third-order valence-corrected chi connectivity index (χ3v) is 3.72. The van der Waals surface area contributed by atoms with Crippen LogP contribution in [0.5, 0.6) is 11.5 Å². The number of rotatable bonds is 8. The van der Waals surface area contributed by atoms with Gasteiger partial charge in [-0.05, 0) is 44.9 Å². The van der Waals surface area contributed by atoms with Crippen molar-refractivity contribution in [3.8, 4) is 11.5 Å². The van der Waals surface area contributed by atoms with Crippen molar-refractivity contribution >= 4 is 0 Å². The second kappa shape index (κ2) is 7.50. The first-order valence-corrected chi connectivity index (χ1v) is 7.47. The summed E-state index contributed by atoms with van der Waals surface area (Å²) >= 11 is 0. The topological polar surface area (TPSA) is 47.7 Å². The molecule has 0 heterocycles. The Balaban J connectivity index is 1.69. The van der Waals surface area contributed by atoms with Gasteiger partial charge in [0.2, 0.25) is 0 Å². The smallest absolute Gasteiger partial charge is 0.161 e. The molecule has 0 spiro atoms. The Bertz CT molecular complexity index is 405. The van der Waals surface area contributed by atoms with Crippen LogP contribution in [0.3, 0.4) is 0 Å². The van der Waals surface area contributed by atoms with Gasteiger partial charge < -0.3 is 20.1 Å². The van der Waals surface area contributed by atoms with Crippen molar-refractivity contribution in [3.63, 3.8) is 0 Å². The maximum atomic E-state index is 5.82. The summed E-state index contributed by atoms with van der Waals surface area (Å²) in [5.41, 5.74) is 5.81. The zero-order valence-electron chi connectivity index (χ0n) is 12.5. The standard InChI is InChI=1S/C16H26N2O2/c1-3-19-15-6-4-5-7-16(15)20-9-8-18(2)12-13-10-14(17)11-13/h4-7,13-14H,3,8-12,17H2,1-2H3. The molecule has 0 atom stereocenters. The van der Waals surface area contributed by atoms with Crippen molar-refractivity contribution in [2.45, 2.75) is 25.8 Å². The van der Waals surface area contributed by atoms with Gasteiger partial charge in [0.05, 0.1) is 6.61 Å². The lowest BCUT2D eigenvalue weighted by Crippen LogP contribution is -2.42. The molecule has 1 aliphatic rings. The van der Waals surface area contributed by atoms with E-state index >= 15 is 0 Å². The molecule has 4 nitrogen and oxygen atoms in total. The minimum absolute atomic E-state index is 0.433. The van der Waals surface area contributed by atoms with E-state index in [2.05, 4.69) is 11.9 Å². The number of nitrogens with zero attached hydrogens (tertiary/aromatic N) is 1. The fourth-order valence-corrected chi connectivity index (χ4v) is 2.62. The van der Waals surface area contributed by atoms with E-state index < -0.39 is 0 Å². The summed E-state index contributed by atoms with van der Waals surface area (Å²) < 4.78 is 11.4. The van der Waals surface area contributed by atoms with Gasteiger partial charge in [0.15, 0.2) is 11.5 Å². The maximum absolute atomic E-state index is 5.82. The first-order valence-electron chi connectivity index (χ1n) is 7.47. The van der Waals surface area contributed by atoms with Crippen LogP contribution in [-0.4, -0.2) is 44.3 Å². The number of benzene rings is 1. The molecule has 1 aliphatic carbocycles. The predicted octanol–water partition coefficient (Wildman–Crippen LogP) is 2.13. The van der Waals surface area contributed by atoms with Crippen LogP contribution in [0, 0.1) is 5.92 Å². The Morgan fingerprint density at radius 1 is 1.20 bits per heavy atom. The van der Waals surface area contributed by atoms with Crippen molar-refractivity contribution in [2.24, 2.45) is 11.7 Å². The second-order valence-corrected chi connectivity index (χ2v) is 5.59. The summed E-state index contributed by atoms with van der Waals surface area (Å²) in [4.78, 5) is 2.32. The number of hydrogen-bond donors (Lipinski definition) is 1. The number of ether oxygens (including phenoxy) is 2. The van der Waals surface area contributed by atoms with Gasteiger partial charge in [-0.2, -0.15) is 0 Å². The summed E-state index contributed by atoms with van der Waals surface area (Å²) in [5, 5.41) is 0. The van der Waals surface area contributed by atoms with E-state index in [9.17, 15) is 0 Å². The molecule has 4 heteroatoms. The molecule has 2 rings (SSSR count). The first kappa shape index (κ1) is 15.1. The van der Waals surface area contributed by atoms with Crippen LogP contribution < -0.4 is 15.2 Å². The molecule has 112 valence electrons. The van der Waals surface area contributed by atoms with Crippen LogP contribution in [-0.2, 0) is 0 Å². The molecule has 1 aromatic rings. The van der Waals surface area contributed by atoms with E-state index in [4.69, 9.17) is 15.2 Å². The molecule has 1 fully saturated rings. The molecule has 0 saturated heterocycles. The van der Waals surface area contributed by atoms with Gasteiger partial charge in [-0.1, -0.05) is 12.1 Å². The Hall–Kier alpha value is -1.26. The Morgan fingerprint density at radius 3 is 2.45 bits per heavy atom. The van der Waals surface area contributed by atoms with E-state index in [-0.39, 0.29) is 0 Å². The van der Waals surface area contributed by atoms with Gasteiger partial charge in [0, 0.05) is 19.1 Å². The molecule has 0 amide bonds. The molecule has 0 radical (unpaired) electrons. The molecule has 20 heavy (non-hydrogen) atoms. The summed E-state index contributed by atoms with van der Waals surface area (Å²) in [6.07, 6.45) is 2.33. The minimum atomic E-state index is 0.433. The minimum Gasteiger partial charge on any atom is -0.490 e. The lowest BCUT2D eigenvalue weighted by Gasteiger charge is -2.35. The van der Waals surface area contributed by atoms with Crippen LogP contribution in [0.25, 0.3) is 0 Å². The molecule has 0 unspecified atom stereocenters. The van der Waals surface area contributed by atoms with Gasteiger partial charge >= 0.3 is 0 Å². The van der Waals surface area contributed by atoms with E-state index in [0.29, 0.717) is 19.3 Å². The zero-order valence-corrected chi connectivity index (χ0v) is 12.5. The highest BCUT2D eigenvalue weighted by molar-refractivity contribution is 5.39. The average Bonchev–Trinajstić information content (AvgIpc) is 2.39. The predicted molar refractivity (Wildman–Crippen MR) is 81.3 cm³/mol. The van der Waals surface area contributed by atoms with Gasteiger partial charge in [-0.15, -0.1) is 0 Å². The SMILES string of the molecule is CCOc1ccccc1OCCN(C)CC1CC(N)C1. The van der Waals surface area contributed by atoms with Crippen LogP contribution in [0.1, 0.15) is 19.8 Å². The molecule has 2 N–H and O–H groups in total. The molecule has 0 aliphatic heterocycles. The van der Waals surface area contributed by atoms with Crippen LogP contribution >= 0.6 is 0 Å². The van der Waals surface area contributed by atoms with E-state index in [0.717, 1.165) is 30.5 Å². The van der Waals surface area contributed by atoms with Crippen LogP contribution in [0.4, 0.5) is 0 Å². The number of nitrogens with two attached hydrogens (primary N) is 1. The zero-order chi connectivity index (χ0) is 14.4. The Labute approximate surface area is 121 Å². The van der Waals surface area contributed by atoms with Crippen molar-refractivity contribution < 1.29 is 9.47 Å². The van der Waals surface area contributed by atoms with Crippen molar-refractivity contribution in [1.82, 2.24) is 4.90 Å². The summed E-state index contributed by atoms with van der Waals surface area (Å²) in [6, 6.07) is 8.26. The molecule has 0 aromatic heterocycles. The monoisotopic (exact) mass is 278 g/mol. The highest BCUT2D eigenvalue weighted by atomic mass is 16.5. The summed E-state index contributed by atoms with van der Waals surface area (Å²) in [7, 11) is 2.14. The van der Waals surface area contributed by atoms with E-state index in [1.54, 1.807) is 0 Å². The molecule has 1 saturated carbocycles. The average molecular weight is 278 g/mol. The maximum Gasteiger partial charge on any atom is 0.161 e. The molecule has 1 aromatic carbocycles. The largest absolute Gasteiger partial charge is 0.490 e. The van der Waals surface area contributed by atoms with Crippen LogP contribution in [0.15, 0.2) is 24.3 Å². The van der Waals surface area contributed by atoms with Crippen molar-refractivity contribution in [1.29, 1.82) is 0 Å². The third-order valence-electron chi connectivity index (χ3n) is 3.72. The third kappa shape index (κ3) is 4.39. The summed E-state index contributed by atoms with van der Waals surface area (Å²) in [6.45, 7) is 5.35. The van der Waals surface area contributed by atoms with Crippen molar-refractivity contribution in [3.05, 3.63) is 24.3 Å². The number of hydrogen-bond acceptors (Lipinski definition) is 4. The number of para-hydroxylation sites is 2. The number of likely N-dealkylation sites (N-methyl/N-ethyl adjacent to an activating group) is 1.